The Balaban J connectivity index is 1.16. The van der Waals surface area contributed by atoms with Gasteiger partial charge in [0, 0.05) is 42.6 Å². The number of carbonyl (C=O) groups excluding carboxylic acids is 2. The summed E-state index contributed by atoms with van der Waals surface area (Å²) in [5.74, 6) is -2.53. The number of fused-ring (bicyclic) bond motifs is 1. The SMILES string of the molecule is O=C(CC1CCCC1)c1ccc(NC(=O)c2n[nH]c3ccc(-c4cncc(CC5CCC(F)(F)C5)c4)cc23)cn1. The summed E-state index contributed by atoms with van der Waals surface area (Å²) in [6, 6.07) is 11.0. The molecular weight excluding hydrogens is 512 g/mol. The number of nitrogens with one attached hydrogen (secondary N) is 2. The van der Waals surface area contributed by atoms with Gasteiger partial charge in [0.05, 0.1) is 17.4 Å². The monoisotopic (exact) mass is 543 g/mol. The fourth-order valence-corrected chi connectivity index (χ4v) is 6.08. The first kappa shape index (κ1) is 26.2. The van der Waals surface area contributed by atoms with E-state index in [0.29, 0.717) is 47.5 Å². The number of nitrogens with zero attached hydrogens (tertiary/aromatic N) is 3. The second kappa shape index (κ2) is 10.9. The van der Waals surface area contributed by atoms with Gasteiger partial charge in [0.15, 0.2) is 11.5 Å². The number of aromatic amines is 1. The van der Waals surface area contributed by atoms with Crippen LogP contribution in [0.4, 0.5) is 14.5 Å². The van der Waals surface area contributed by atoms with Crippen molar-refractivity contribution in [1.82, 2.24) is 20.2 Å². The minimum atomic E-state index is -2.57. The molecule has 7 nitrogen and oxygen atoms in total. The molecular formula is C31H31F2N5O2. The van der Waals surface area contributed by atoms with Crippen LogP contribution < -0.4 is 5.32 Å². The first-order valence-electron chi connectivity index (χ1n) is 13.9. The molecule has 2 aliphatic carbocycles. The lowest BCUT2D eigenvalue weighted by Gasteiger charge is -2.11. The number of H-pyrrole nitrogens is 1. The highest BCUT2D eigenvalue weighted by Crippen LogP contribution is 2.40. The highest BCUT2D eigenvalue weighted by Gasteiger charge is 2.39. The number of amides is 1. The number of benzene rings is 1. The number of hydrogen-bond acceptors (Lipinski definition) is 5. The number of carbonyl (C=O) groups is 2. The molecule has 0 bridgehead atoms. The first-order valence-corrected chi connectivity index (χ1v) is 13.9. The average molecular weight is 544 g/mol. The molecule has 40 heavy (non-hydrogen) atoms. The minimum Gasteiger partial charge on any atom is -0.319 e. The third kappa shape index (κ3) is 5.78. The number of rotatable bonds is 8. The van der Waals surface area contributed by atoms with E-state index in [9.17, 15) is 18.4 Å². The molecule has 0 radical (unpaired) electrons. The smallest absolute Gasteiger partial charge is 0.276 e. The Hall–Kier alpha value is -4.01. The van der Waals surface area contributed by atoms with Crippen LogP contribution in [0.1, 0.15) is 77.9 Å². The molecule has 0 saturated heterocycles. The fourth-order valence-electron chi connectivity index (χ4n) is 6.08. The molecule has 2 aliphatic rings. The summed E-state index contributed by atoms with van der Waals surface area (Å²) in [6.07, 6.45) is 11.0. The second-order valence-corrected chi connectivity index (χ2v) is 11.2. The van der Waals surface area contributed by atoms with Gasteiger partial charge < -0.3 is 5.32 Å². The molecule has 6 rings (SSSR count). The lowest BCUT2D eigenvalue weighted by atomic mass is 9.96. The predicted octanol–water partition coefficient (Wildman–Crippen LogP) is 7.01. The van der Waals surface area contributed by atoms with E-state index in [2.05, 4.69) is 25.5 Å². The molecule has 1 atom stereocenters. The summed E-state index contributed by atoms with van der Waals surface area (Å²) < 4.78 is 27.3. The van der Waals surface area contributed by atoms with Crippen molar-refractivity contribution in [1.29, 1.82) is 0 Å². The Morgan fingerprint density at radius 3 is 2.58 bits per heavy atom. The highest BCUT2D eigenvalue weighted by atomic mass is 19.3. The number of aromatic nitrogens is 4. The van der Waals surface area contributed by atoms with Crippen LogP contribution in [0.3, 0.4) is 0 Å². The number of anilines is 1. The Labute approximate surface area is 230 Å². The topological polar surface area (TPSA) is 101 Å². The maximum Gasteiger partial charge on any atom is 0.276 e. The van der Waals surface area contributed by atoms with Gasteiger partial charge in [-0.05, 0) is 66.1 Å². The van der Waals surface area contributed by atoms with Gasteiger partial charge in [0.2, 0.25) is 5.92 Å². The number of pyridine rings is 2. The van der Waals surface area contributed by atoms with Crippen molar-refractivity contribution in [2.24, 2.45) is 11.8 Å². The van der Waals surface area contributed by atoms with Crippen LogP contribution in [-0.4, -0.2) is 37.8 Å². The van der Waals surface area contributed by atoms with Gasteiger partial charge in [0.1, 0.15) is 5.69 Å². The third-order valence-electron chi connectivity index (χ3n) is 8.19. The van der Waals surface area contributed by atoms with Crippen molar-refractivity contribution in [3.63, 3.8) is 0 Å². The maximum absolute atomic E-state index is 13.6. The summed E-state index contributed by atoms with van der Waals surface area (Å²) in [6.45, 7) is 0. The van der Waals surface area contributed by atoms with Crippen LogP contribution >= 0.6 is 0 Å². The molecule has 1 amide bonds. The van der Waals surface area contributed by atoms with Crippen molar-refractivity contribution in [3.8, 4) is 11.1 Å². The number of alkyl halides is 2. The lowest BCUT2D eigenvalue weighted by Crippen LogP contribution is -2.14. The molecule has 1 aromatic carbocycles. The van der Waals surface area contributed by atoms with Crippen LogP contribution in [-0.2, 0) is 6.42 Å². The molecule has 3 aromatic heterocycles. The number of ketones is 1. The summed E-state index contributed by atoms with van der Waals surface area (Å²) >= 11 is 0. The summed E-state index contributed by atoms with van der Waals surface area (Å²) in [5.41, 5.74) is 4.44. The van der Waals surface area contributed by atoms with Crippen LogP contribution in [0.2, 0.25) is 0 Å². The van der Waals surface area contributed by atoms with Crippen molar-refractivity contribution in [2.75, 3.05) is 5.32 Å². The van der Waals surface area contributed by atoms with Crippen molar-refractivity contribution >= 4 is 28.3 Å². The molecule has 9 heteroatoms. The van der Waals surface area contributed by atoms with Crippen LogP contribution in [0, 0.1) is 11.8 Å². The van der Waals surface area contributed by atoms with Crippen LogP contribution in [0.5, 0.6) is 0 Å². The molecule has 4 aromatic rings. The molecule has 3 heterocycles. The number of hydrogen-bond donors (Lipinski definition) is 2. The van der Waals surface area contributed by atoms with Gasteiger partial charge in [-0.15, -0.1) is 0 Å². The van der Waals surface area contributed by atoms with Crippen molar-refractivity contribution in [2.45, 2.75) is 63.7 Å². The number of Topliss-reactive ketones (excluding diaryl/α,β-unsaturated/α-hetero) is 1. The summed E-state index contributed by atoms with van der Waals surface area (Å²) in [4.78, 5) is 34.3. The van der Waals surface area contributed by atoms with Crippen molar-refractivity contribution in [3.05, 3.63) is 71.9 Å². The lowest BCUT2D eigenvalue weighted by molar-refractivity contribution is 0.00507. The van der Waals surface area contributed by atoms with Gasteiger partial charge in [-0.3, -0.25) is 24.7 Å². The molecule has 0 aliphatic heterocycles. The van der Waals surface area contributed by atoms with E-state index < -0.39 is 11.8 Å². The quantitative estimate of drug-likeness (QED) is 0.233. The normalized spacial score (nSPS) is 18.8. The standard InChI is InChI=1S/C31H31F2N5O2/c32-31(33)10-9-20(15-31)11-21-12-23(17-34-16-21)22-5-7-26-25(14-22)29(38-37-26)30(40)36-24-6-8-27(35-18-24)28(39)13-19-3-1-2-4-19/h5-8,12,14,16-20H,1-4,9-11,13,15H2,(H,36,40)(H,37,38). The van der Waals surface area contributed by atoms with Crippen molar-refractivity contribution < 1.29 is 18.4 Å². The zero-order chi connectivity index (χ0) is 27.7. The van der Waals surface area contributed by atoms with E-state index in [1.807, 2.05) is 24.3 Å². The zero-order valence-corrected chi connectivity index (χ0v) is 22.1. The predicted molar refractivity (Wildman–Crippen MR) is 148 cm³/mol. The summed E-state index contributed by atoms with van der Waals surface area (Å²) in [7, 11) is 0. The first-order chi connectivity index (χ1) is 19.3. The van der Waals surface area contributed by atoms with E-state index in [4.69, 9.17) is 0 Å². The van der Waals surface area contributed by atoms with Gasteiger partial charge in [-0.1, -0.05) is 31.7 Å². The van der Waals surface area contributed by atoms with E-state index in [1.54, 1.807) is 24.5 Å². The van der Waals surface area contributed by atoms with Crippen LogP contribution in [0.25, 0.3) is 22.0 Å². The molecule has 206 valence electrons. The highest BCUT2D eigenvalue weighted by molar-refractivity contribution is 6.11. The van der Waals surface area contributed by atoms with E-state index in [0.717, 1.165) is 29.5 Å². The van der Waals surface area contributed by atoms with Gasteiger partial charge in [0.25, 0.3) is 5.91 Å². The second-order valence-electron chi connectivity index (χ2n) is 11.2. The van der Waals surface area contributed by atoms with E-state index in [1.165, 1.54) is 19.0 Å². The average Bonchev–Trinajstić information content (AvgIpc) is 3.69. The third-order valence-corrected chi connectivity index (χ3v) is 8.19. The maximum atomic E-state index is 13.6. The number of halogens is 2. The van der Waals surface area contributed by atoms with Gasteiger partial charge >= 0.3 is 0 Å². The Kier molecular flexibility index (Phi) is 7.12. The molecule has 0 spiro atoms. The van der Waals surface area contributed by atoms with Gasteiger partial charge in [-0.25, -0.2) is 8.78 Å². The zero-order valence-electron chi connectivity index (χ0n) is 22.1. The van der Waals surface area contributed by atoms with E-state index >= 15 is 0 Å². The Bertz CT molecular complexity index is 1540. The molecule has 2 saturated carbocycles. The molecule has 2 fully saturated rings. The minimum absolute atomic E-state index is 0.0374. The van der Waals surface area contributed by atoms with Crippen LogP contribution in [0.15, 0.2) is 55.0 Å². The largest absolute Gasteiger partial charge is 0.319 e. The Morgan fingerprint density at radius 1 is 0.975 bits per heavy atom. The fraction of sp³-hybridized carbons (Fsp3) is 0.387. The molecule has 1 unspecified atom stereocenters. The van der Waals surface area contributed by atoms with E-state index in [-0.39, 0.29) is 30.2 Å². The molecule has 2 N–H and O–H groups in total. The van der Waals surface area contributed by atoms with Gasteiger partial charge in [-0.2, -0.15) is 5.10 Å². The Morgan fingerprint density at radius 2 is 1.82 bits per heavy atom. The summed E-state index contributed by atoms with van der Waals surface area (Å²) in [5, 5.41) is 10.6.